The van der Waals surface area contributed by atoms with Crippen LogP contribution >= 0.6 is 22.7 Å². The molecule has 2 rings (SSSR count). The van der Waals surface area contributed by atoms with Gasteiger partial charge in [-0.1, -0.05) is 12.1 Å². The third kappa shape index (κ3) is 5.65. The monoisotopic (exact) mass is 317 g/mol. The van der Waals surface area contributed by atoms with E-state index < -0.39 is 11.9 Å². The van der Waals surface area contributed by atoms with Crippen LogP contribution in [-0.4, -0.2) is 11.9 Å². The van der Waals surface area contributed by atoms with Crippen LogP contribution in [0.2, 0.25) is 0 Å². The summed E-state index contributed by atoms with van der Waals surface area (Å²) < 4.78 is 0. The van der Waals surface area contributed by atoms with Gasteiger partial charge in [0.15, 0.2) is 0 Å². The second-order valence-electron chi connectivity index (χ2n) is 2.53. The number of aromatic carboxylic acids is 2. The molecule has 2 aromatic heterocycles. The Morgan fingerprint density at radius 2 is 1.24 bits per heavy atom. The number of carboxylic acid groups (broad SMARTS) is 2. The molecule has 0 aliphatic heterocycles. The Balaban J connectivity index is 0.000000284. The molecule has 4 nitrogen and oxygen atoms in total. The fraction of sp³-hybridized carbons (Fsp3) is 0. The van der Waals surface area contributed by atoms with Crippen molar-refractivity contribution in [3.63, 3.8) is 0 Å². The topological polar surface area (TPSA) is 80.3 Å². The fourth-order valence-electron chi connectivity index (χ4n) is 0.789. The van der Waals surface area contributed by atoms with E-state index in [4.69, 9.17) is 0 Å². The number of hydrogen-bond acceptors (Lipinski definition) is 6. The first-order valence-electron chi connectivity index (χ1n) is 4.11. The van der Waals surface area contributed by atoms with Crippen molar-refractivity contribution in [2.45, 2.75) is 0 Å². The molecule has 0 N–H and O–H groups in total. The third-order valence-electron chi connectivity index (χ3n) is 1.44. The van der Waals surface area contributed by atoms with E-state index >= 15 is 0 Å². The van der Waals surface area contributed by atoms with Gasteiger partial charge in [0.1, 0.15) is 0 Å². The van der Waals surface area contributed by atoms with Crippen LogP contribution in [0.3, 0.4) is 0 Å². The molecule has 0 aromatic carbocycles. The van der Waals surface area contributed by atoms with Gasteiger partial charge in [0.2, 0.25) is 0 Å². The van der Waals surface area contributed by atoms with Crippen molar-refractivity contribution in [1.82, 2.24) is 0 Å². The first kappa shape index (κ1) is 15.9. The average molecular weight is 318 g/mol. The predicted molar refractivity (Wildman–Crippen MR) is 57.3 cm³/mol. The molecule has 0 aliphatic carbocycles. The number of carboxylic acids is 2. The summed E-state index contributed by atoms with van der Waals surface area (Å²) in [4.78, 5) is 20.5. The normalized spacial score (nSPS) is 8.47. The molecule has 0 bridgehead atoms. The van der Waals surface area contributed by atoms with Crippen LogP contribution in [0.25, 0.3) is 0 Å². The van der Waals surface area contributed by atoms with E-state index in [2.05, 4.69) is 0 Å². The molecule has 0 fully saturated rings. The van der Waals surface area contributed by atoms with E-state index in [9.17, 15) is 19.8 Å². The average Bonchev–Trinajstić information content (AvgIpc) is 2.93. The smallest absolute Gasteiger partial charge is 0.544 e. The second-order valence-corrected chi connectivity index (χ2v) is 4.42. The Morgan fingerprint density at radius 3 is 1.35 bits per heavy atom. The van der Waals surface area contributed by atoms with Crippen LogP contribution in [0, 0.1) is 0 Å². The maximum absolute atomic E-state index is 9.96. The van der Waals surface area contributed by atoms with Crippen LogP contribution < -0.4 is 10.2 Å². The van der Waals surface area contributed by atoms with Crippen LogP contribution in [0.4, 0.5) is 0 Å². The molecule has 93 valence electrons. The summed E-state index contributed by atoms with van der Waals surface area (Å²) in [7, 11) is 0. The van der Waals surface area contributed by atoms with E-state index in [1.54, 1.807) is 22.9 Å². The molecule has 2 heterocycles. The minimum atomic E-state index is -1.10. The van der Waals surface area contributed by atoms with Gasteiger partial charge in [-0.3, -0.25) is 0 Å². The van der Waals surface area contributed by atoms with Gasteiger partial charge >= 0.3 is 17.1 Å². The zero-order chi connectivity index (χ0) is 12.0. The molecule has 0 saturated heterocycles. The van der Waals surface area contributed by atoms with Gasteiger partial charge in [-0.05, 0) is 22.9 Å². The van der Waals surface area contributed by atoms with Crippen LogP contribution in [-0.2, 0) is 17.1 Å². The first-order chi connectivity index (χ1) is 7.61. The number of carbonyl (C=O) groups is 2. The molecule has 0 atom stereocenters. The SMILES string of the molecule is O=C([O-])c1cccs1.O=C([O-])c1cccs1.[Cu+2]. The van der Waals surface area contributed by atoms with Crippen LogP contribution in [0.5, 0.6) is 0 Å². The van der Waals surface area contributed by atoms with Crippen molar-refractivity contribution in [1.29, 1.82) is 0 Å². The summed E-state index contributed by atoms with van der Waals surface area (Å²) >= 11 is 2.34. The second kappa shape index (κ2) is 8.02. The minimum Gasteiger partial charge on any atom is -0.544 e. The molecule has 0 spiro atoms. The Kier molecular flexibility index (Phi) is 7.49. The van der Waals surface area contributed by atoms with E-state index in [0.717, 1.165) is 0 Å². The number of hydrogen-bond donors (Lipinski definition) is 0. The van der Waals surface area contributed by atoms with Gasteiger partial charge in [-0.15, -0.1) is 22.7 Å². The van der Waals surface area contributed by atoms with Gasteiger partial charge in [-0.25, -0.2) is 0 Å². The summed E-state index contributed by atoms with van der Waals surface area (Å²) in [5.74, 6) is -2.19. The molecule has 0 amide bonds. The predicted octanol–water partition coefficient (Wildman–Crippen LogP) is 0.221. The van der Waals surface area contributed by atoms with E-state index in [1.807, 2.05) is 0 Å². The Labute approximate surface area is 116 Å². The fourth-order valence-corrected chi connectivity index (χ4v) is 1.90. The number of thiophene rings is 2. The molecule has 0 unspecified atom stereocenters. The van der Waals surface area contributed by atoms with Crippen molar-refractivity contribution in [2.75, 3.05) is 0 Å². The largest absolute Gasteiger partial charge is 2.00 e. The molecular weight excluding hydrogens is 312 g/mol. The summed E-state index contributed by atoms with van der Waals surface area (Å²) in [6.45, 7) is 0. The third-order valence-corrected chi connectivity index (χ3v) is 3.14. The maximum atomic E-state index is 9.96. The van der Waals surface area contributed by atoms with E-state index in [1.165, 1.54) is 34.8 Å². The standard InChI is InChI=1S/2C5H4O2S.Cu/c2*6-5(7)4-2-1-3-8-4;/h2*1-3H,(H,6,7);/q;;+2/p-2. The molecule has 1 radical (unpaired) electrons. The van der Waals surface area contributed by atoms with Gasteiger partial charge in [0, 0.05) is 9.75 Å². The van der Waals surface area contributed by atoms with Crippen molar-refractivity contribution in [2.24, 2.45) is 0 Å². The van der Waals surface area contributed by atoms with Crippen molar-refractivity contribution in [3.05, 3.63) is 44.8 Å². The summed E-state index contributed by atoms with van der Waals surface area (Å²) in [6.07, 6.45) is 0. The molecule has 7 heteroatoms. The van der Waals surface area contributed by atoms with Gasteiger partial charge in [-0.2, -0.15) is 0 Å². The zero-order valence-corrected chi connectivity index (χ0v) is 10.8. The Hall–Kier alpha value is -1.14. The molecule has 0 aliphatic rings. The van der Waals surface area contributed by atoms with Crippen LogP contribution in [0.1, 0.15) is 19.3 Å². The van der Waals surface area contributed by atoms with Crippen LogP contribution in [0.15, 0.2) is 35.0 Å². The summed E-state index contributed by atoms with van der Waals surface area (Å²) in [5.41, 5.74) is 0. The van der Waals surface area contributed by atoms with Crippen molar-refractivity contribution >= 4 is 34.6 Å². The maximum Gasteiger partial charge on any atom is 2.00 e. The minimum absolute atomic E-state index is 0. The van der Waals surface area contributed by atoms with Gasteiger partial charge in [0.05, 0.1) is 11.9 Å². The number of carbonyl (C=O) groups excluding carboxylic acids is 2. The zero-order valence-electron chi connectivity index (χ0n) is 8.22. The molecule has 17 heavy (non-hydrogen) atoms. The molecule has 2 aromatic rings. The summed E-state index contributed by atoms with van der Waals surface area (Å²) in [6, 6.07) is 6.38. The Morgan fingerprint density at radius 1 is 0.882 bits per heavy atom. The summed E-state index contributed by atoms with van der Waals surface area (Å²) in [5, 5.41) is 23.3. The molecule has 0 saturated carbocycles. The van der Waals surface area contributed by atoms with E-state index in [-0.39, 0.29) is 26.8 Å². The molecular formula is C10H6CuO4S2. The van der Waals surface area contributed by atoms with Gasteiger partial charge < -0.3 is 19.8 Å². The van der Waals surface area contributed by atoms with Gasteiger partial charge in [0.25, 0.3) is 0 Å². The number of rotatable bonds is 2. The van der Waals surface area contributed by atoms with Crippen molar-refractivity contribution in [3.8, 4) is 0 Å². The quantitative estimate of drug-likeness (QED) is 0.742. The van der Waals surface area contributed by atoms with E-state index in [0.29, 0.717) is 0 Å². The first-order valence-corrected chi connectivity index (χ1v) is 5.87. The Bertz CT molecular complexity index is 406. The van der Waals surface area contributed by atoms with Crippen molar-refractivity contribution < 1.29 is 36.9 Å².